The molecule has 1 amide bonds. The monoisotopic (exact) mass is 403 g/mol. The summed E-state index contributed by atoms with van der Waals surface area (Å²) in [6.07, 6.45) is 1.81. The van der Waals surface area contributed by atoms with E-state index in [9.17, 15) is 14.9 Å². The van der Waals surface area contributed by atoms with Gasteiger partial charge < -0.3 is 15.4 Å². The van der Waals surface area contributed by atoms with Crippen LogP contribution in [0.1, 0.15) is 12.1 Å². The van der Waals surface area contributed by atoms with Gasteiger partial charge in [-0.2, -0.15) is 4.68 Å². The lowest BCUT2D eigenvalue weighted by molar-refractivity contribution is -0.389. The van der Waals surface area contributed by atoms with Gasteiger partial charge in [0.15, 0.2) is 0 Å². The second-order valence-corrected chi connectivity index (χ2v) is 6.27. The third-order valence-electron chi connectivity index (χ3n) is 3.70. The summed E-state index contributed by atoms with van der Waals surface area (Å²) in [5, 5.41) is 18.3. The number of benzene rings is 1. The average molecular weight is 404 g/mol. The number of aromatic nitrogens is 3. The largest absolute Gasteiger partial charge is 0.390 e. The summed E-state index contributed by atoms with van der Waals surface area (Å²) in [6.45, 7) is 1.97. The van der Waals surface area contributed by atoms with Crippen molar-refractivity contribution in [3.05, 3.63) is 56.8 Å². The molecule has 0 atom stereocenters. The van der Waals surface area contributed by atoms with Crippen molar-refractivity contribution in [1.82, 2.24) is 14.8 Å². The van der Waals surface area contributed by atoms with Crippen LogP contribution in [0.2, 0.25) is 0 Å². The first-order chi connectivity index (χ1) is 12.0. The van der Waals surface area contributed by atoms with Crippen molar-refractivity contribution in [3.63, 3.8) is 0 Å². The molecule has 9 heteroatoms. The molecule has 0 aliphatic carbocycles. The minimum absolute atomic E-state index is 0.143. The smallest absolute Gasteiger partial charge is 0.358 e. The lowest BCUT2D eigenvalue weighted by Gasteiger charge is -2.09. The van der Waals surface area contributed by atoms with Gasteiger partial charge in [-0.3, -0.25) is 9.78 Å². The van der Waals surface area contributed by atoms with E-state index in [4.69, 9.17) is 0 Å². The maximum atomic E-state index is 12.2. The van der Waals surface area contributed by atoms with Gasteiger partial charge in [0.25, 0.3) is 0 Å². The van der Waals surface area contributed by atoms with E-state index in [1.807, 2.05) is 18.2 Å². The molecule has 0 fully saturated rings. The van der Waals surface area contributed by atoms with Crippen LogP contribution >= 0.6 is 15.9 Å². The second-order valence-electron chi connectivity index (χ2n) is 5.42. The van der Waals surface area contributed by atoms with E-state index in [1.54, 1.807) is 19.2 Å². The zero-order chi connectivity index (χ0) is 18.0. The van der Waals surface area contributed by atoms with Crippen molar-refractivity contribution >= 4 is 44.2 Å². The van der Waals surface area contributed by atoms with Gasteiger partial charge in [0.1, 0.15) is 0 Å². The van der Waals surface area contributed by atoms with Crippen molar-refractivity contribution < 1.29 is 9.72 Å². The standard InChI is InChI=1S/C16H14BrN5O3/c1-10-9-14(22(24)25)20-21(10)8-6-15(23)19-13-5-4-12(17)11-3-2-7-18-16(11)13/h2-5,7,9H,6,8H2,1H3,(H,19,23). The minimum Gasteiger partial charge on any atom is -0.358 e. The molecule has 0 aliphatic heterocycles. The van der Waals surface area contributed by atoms with Crippen molar-refractivity contribution in [3.8, 4) is 0 Å². The number of fused-ring (bicyclic) bond motifs is 1. The van der Waals surface area contributed by atoms with Crippen LogP contribution in [0.25, 0.3) is 10.9 Å². The molecule has 3 aromatic rings. The Hall–Kier alpha value is -2.81. The second kappa shape index (κ2) is 6.98. The van der Waals surface area contributed by atoms with Gasteiger partial charge >= 0.3 is 5.82 Å². The Balaban J connectivity index is 1.71. The Morgan fingerprint density at radius 2 is 2.20 bits per heavy atom. The van der Waals surface area contributed by atoms with Gasteiger partial charge in [0.05, 0.1) is 34.6 Å². The van der Waals surface area contributed by atoms with Crippen LogP contribution in [-0.4, -0.2) is 25.6 Å². The highest BCUT2D eigenvalue weighted by molar-refractivity contribution is 9.10. The van der Waals surface area contributed by atoms with E-state index < -0.39 is 4.92 Å². The topological polar surface area (TPSA) is 103 Å². The molecule has 0 saturated heterocycles. The third kappa shape index (κ3) is 3.66. The fraction of sp³-hybridized carbons (Fsp3) is 0.188. The van der Waals surface area contributed by atoms with Crippen molar-refractivity contribution in [2.45, 2.75) is 19.9 Å². The molecule has 3 rings (SSSR count). The number of rotatable bonds is 5. The summed E-state index contributed by atoms with van der Waals surface area (Å²) in [4.78, 5) is 26.7. The van der Waals surface area contributed by atoms with E-state index in [0.717, 1.165) is 9.86 Å². The van der Waals surface area contributed by atoms with Gasteiger partial charge in [-0.15, -0.1) is 0 Å². The molecule has 0 aliphatic rings. The Morgan fingerprint density at radius 3 is 2.92 bits per heavy atom. The molecular formula is C16H14BrN5O3. The summed E-state index contributed by atoms with van der Waals surface area (Å²) >= 11 is 3.46. The maximum absolute atomic E-state index is 12.2. The zero-order valence-electron chi connectivity index (χ0n) is 13.3. The predicted molar refractivity (Wildman–Crippen MR) is 96.3 cm³/mol. The summed E-state index contributed by atoms with van der Waals surface area (Å²) in [5.41, 5.74) is 1.94. The molecule has 0 spiro atoms. The van der Waals surface area contributed by atoms with Crippen LogP contribution in [0.4, 0.5) is 11.5 Å². The number of amides is 1. The summed E-state index contributed by atoms with van der Waals surface area (Å²) in [7, 11) is 0. The number of nitro groups is 1. The number of nitrogens with zero attached hydrogens (tertiary/aromatic N) is 4. The van der Waals surface area contributed by atoms with Gasteiger partial charge in [-0.25, -0.2) is 0 Å². The van der Waals surface area contributed by atoms with Gasteiger partial charge in [-0.1, -0.05) is 22.0 Å². The molecule has 128 valence electrons. The van der Waals surface area contributed by atoms with Gasteiger partial charge in [0, 0.05) is 22.5 Å². The minimum atomic E-state index is -0.552. The number of hydrogen-bond acceptors (Lipinski definition) is 5. The Morgan fingerprint density at radius 1 is 1.40 bits per heavy atom. The number of nitrogens with one attached hydrogen (secondary N) is 1. The van der Waals surface area contributed by atoms with Crippen LogP contribution in [0.5, 0.6) is 0 Å². The molecule has 2 aromatic heterocycles. The molecule has 0 unspecified atom stereocenters. The van der Waals surface area contributed by atoms with Crippen LogP contribution in [0.15, 0.2) is 41.0 Å². The van der Waals surface area contributed by atoms with Crippen LogP contribution in [-0.2, 0) is 11.3 Å². The first-order valence-corrected chi connectivity index (χ1v) is 8.27. The first-order valence-electron chi connectivity index (χ1n) is 7.47. The number of aryl methyl sites for hydroxylation is 2. The molecule has 0 bridgehead atoms. The fourth-order valence-corrected chi connectivity index (χ4v) is 2.92. The highest BCUT2D eigenvalue weighted by Gasteiger charge is 2.16. The van der Waals surface area contributed by atoms with E-state index in [2.05, 4.69) is 31.3 Å². The normalized spacial score (nSPS) is 10.8. The number of anilines is 1. The maximum Gasteiger partial charge on any atom is 0.390 e. The highest BCUT2D eigenvalue weighted by atomic mass is 79.9. The van der Waals surface area contributed by atoms with Crippen molar-refractivity contribution in [2.24, 2.45) is 0 Å². The number of hydrogen-bond donors (Lipinski definition) is 1. The number of carbonyl (C=O) groups excluding carboxylic acids is 1. The SMILES string of the molecule is Cc1cc([N+](=O)[O-])nn1CCC(=O)Nc1ccc(Br)c2cccnc12. The molecule has 1 aromatic carbocycles. The lowest BCUT2D eigenvalue weighted by atomic mass is 10.2. The third-order valence-corrected chi connectivity index (χ3v) is 4.39. The summed E-state index contributed by atoms with van der Waals surface area (Å²) in [5.74, 6) is -0.437. The number of halogens is 1. The number of carbonyl (C=O) groups is 1. The average Bonchev–Trinajstić information content (AvgIpc) is 2.97. The Labute approximate surface area is 151 Å². The molecule has 2 heterocycles. The molecule has 1 N–H and O–H groups in total. The Kier molecular flexibility index (Phi) is 4.75. The highest BCUT2D eigenvalue weighted by Crippen LogP contribution is 2.28. The molecule has 0 saturated carbocycles. The van der Waals surface area contributed by atoms with E-state index in [1.165, 1.54) is 10.7 Å². The van der Waals surface area contributed by atoms with Crippen LogP contribution < -0.4 is 5.32 Å². The summed E-state index contributed by atoms with van der Waals surface area (Å²) in [6, 6.07) is 8.74. The van der Waals surface area contributed by atoms with Gasteiger partial charge in [0.2, 0.25) is 5.91 Å². The lowest BCUT2D eigenvalue weighted by Crippen LogP contribution is -2.16. The van der Waals surface area contributed by atoms with Crippen LogP contribution in [0.3, 0.4) is 0 Å². The number of pyridine rings is 1. The molecule has 8 nitrogen and oxygen atoms in total. The molecule has 25 heavy (non-hydrogen) atoms. The van der Waals surface area contributed by atoms with Crippen LogP contribution in [0, 0.1) is 17.0 Å². The van der Waals surface area contributed by atoms with Crippen molar-refractivity contribution in [1.29, 1.82) is 0 Å². The Bertz CT molecular complexity index is 970. The van der Waals surface area contributed by atoms with Gasteiger partial charge in [-0.05, 0) is 30.0 Å². The quantitative estimate of drug-likeness (QED) is 0.518. The van der Waals surface area contributed by atoms with E-state index >= 15 is 0 Å². The summed E-state index contributed by atoms with van der Waals surface area (Å²) < 4.78 is 2.35. The van der Waals surface area contributed by atoms with E-state index in [-0.39, 0.29) is 24.7 Å². The molecular weight excluding hydrogens is 390 g/mol. The van der Waals surface area contributed by atoms with Crippen molar-refractivity contribution in [2.75, 3.05) is 5.32 Å². The molecule has 0 radical (unpaired) electrons. The zero-order valence-corrected chi connectivity index (χ0v) is 14.9. The predicted octanol–water partition coefficient (Wildman–Crippen LogP) is 3.44. The first kappa shape index (κ1) is 17.0. The fourth-order valence-electron chi connectivity index (χ4n) is 2.47. The van der Waals surface area contributed by atoms with E-state index in [0.29, 0.717) is 16.9 Å².